The largest absolute Gasteiger partial charge is 0.486 e. The fraction of sp³-hybridized carbons (Fsp3) is 0.296. The summed E-state index contributed by atoms with van der Waals surface area (Å²) in [5, 5.41) is 3.36. The molecule has 6 rings (SSSR count). The molecule has 0 saturated heterocycles. The predicted octanol–water partition coefficient (Wildman–Crippen LogP) is 3.89. The maximum atomic E-state index is 5.82. The molecule has 0 aliphatic carbocycles. The van der Waals surface area contributed by atoms with Gasteiger partial charge in [0, 0.05) is 38.6 Å². The van der Waals surface area contributed by atoms with Gasteiger partial charge in [0.2, 0.25) is 0 Å². The average Bonchev–Trinajstić information content (AvgIpc) is 3.34. The second kappa shape index (κ2) is 9.48. The van der Waals surface area contributed by atoms with E-state index in [0.717, 1.165) is 71.2 Å². The molecule has 0 bridgehead atoms. The third-order valence-corrected chi connectivity index (χ3v) is 6.46. The topological polar surface area (TPSA) is 81.6 Å². The maximum absolute atomic E-state index is 5.82. The van der Waals surface area contributed by atoms with Crippen LogP contribution in [0, 0.1) is 0 Å². The fourth-order valence-electron chi connectivity index (χ4n) is 4.81. The minimum Gasteiger partial charge on any atom is -0.486 e. The highest BCUT2D eigenvalue weighted by Crippen LogP contribution is 2.42. The van der Waals surface area contributed by atoms with E-state index >= 15 is 0 Å². The zero-order valence-electron chi connectivity index (χ0n) is 19.7. The third-order valence-electron chi connectivity index (χ3n) is 6.46. The Kier molecular flexibility index (Phi) is 5.89. The summed E-state index contributed by atoms with van der Waals surface area (Å²) in [5.74, 6) is 2.45. The number of nitrogens with one attached hydrogen (secondary N) is 1. The molecular formula is C27H27N5O3. The van der Waals surface area contributed by atoms with Gasteiger partial charge in [0.15, 0.2) is 17.3 Å². The van der Waals surface area contributed by atoms with Crippen LogP contribution in [0.3, 0.4) is 0 Å². The van der Waals surface area contributed by atoms with Crippen molar-refractivity contribution >= 4 is 22.5 Å². The van der Waals surface area contributed by atoms with Gasteiger partial charge in [0.05, 0.1) is 12.1 Å². The van der Waals surface area contributed by atoms with Crippen LogP contribution in [0.5, 0.6) is 11.5 Å². The Labute approximate surface area is 203 Å². The molecule has 0 atom stereocenters. The molecule has 4 aromatic rings. The van der Waals surface area contributed by atoms with Crippen molar-refractivity contribution in [2.75, 3.05) is 44.9 Å². The lowest BCUT2D eigenvalue weighted by molar-refractivity contribution is 0.171. The van der Waals surface area contributed by atoms with Crippen LogP contribution in [0.1, 0.15) is 11.1 Å². The Morgan fingerprint density at radius 3 is 2.86 bits per heavy atom. The second-order valence-electron chi connectivity index (χ2n) is 8.64. The van der Waals surface area contributed by atoms with Gasteiger partial charge in [0.25, 0.3) is 0 Å². The van der Waals surface area contributed by atoms with Crippen molar-refractivity contribution < 1.29 is 14.2 Å². The Hall–Kier alpha value is -3.75. The van der Waals surface area contributed by atoms with Crippen LogP contribution < -0.4 is 19.7 Å². The molecule has 0 fully saturated rings. The summed E-state index contributed by atoms with van der Waals surface area (Å²) >= 11 is 0. The second-order valence-corrected chi connectivity index (χ2v) is 8.64. The molecule has 2 aliphatic heterocycles. The average molecular weight is 470 g/mol. The molecule has 0 radical (unpaired) electrons. The van der Waals surface area contributed by atoms with Crippen molar-refractivity contribution in [3.63, 3.8) is 0 Å². The summed E-state index contributed by atoms with van der Waals surface area (Å²) in [5.41, 5.74) is 7.53. The number of nitrogens with zero attached hydrogens (tertiary/aromatic N) is 4. The number of pyridine rings is 1. The number of benzene rings is 2. The van der Waals surface area contributed by atoms with E-state index in [9.17, 15) is 0 Å². The van der Waals surface area contributed by atoms with Crippen LogP contribution >= 0.6 is 0 Å². The number of methoxy groups -OCH3 is 1. The molecule has 35 heavy (non-hydrogen) atoms. The van der Waals surface area contributed by atoms with Crippen molar-refractivity contribution in [2.24, 2.45) is 0 Å². The van der Waals surface area contributed by atoms with Gasteiger partial charge in [-0.25, -0.2) is 9.97 Å². The number of ether oxygens (including phenoxy) is 3. The molecule has 2 aliphatic rings. The molecular weight excluding hydrogens is 442 g/mol. The van der Waals surface area contributed by atoms with Crippen molar-refractivity contribution in [3.8, 4) is 22.6 Å². The van der Waals surface area contributed by atoms with Crippen molar-refractivity contribution in [1.82, 2.24) is 20.3 Å². The monoisotopic (exact) mass is 469 g/mol. The molecule has 0 amide bonds. The molecule has 8 heteroatoms. The van der Waals surface area contributed by atoms with Crippen LogP contribution in [-0.4, -0.2) is 55.0 Å². The van der Waals surface area contributed by atoms with Gasteiger partial charge >= 0.3 is 0 Å². The van der Waals surface area contributed by atoms with E-state index < -0.39 is 0 Å². The van der Waals surface area contributed by atoms with Gasteiger partial charge in [-0.3, -0.25) is 4.98 Å². The minimum absolute atomic E-state index is 0.579. The number of anilines is 2. The Balaban J connectivity index is 1.32. The van der Waals surface area contributed by atoms with Crippen LogP contribution in [-0.2, 0) is 17.7 Å². The van der Waals surface area contributed by atoms with E-state index in [1.807, 2.05) is 12.3 Å². The Bertz CT molecular complexity index is 1380. The summed E-state index contributed by atoms with van der Waals surface area (Å²) in [6.07, 6.45) is 4.45. The molecule has 0 unspecified atom stereocenters. The van der Waals surface area contributed by atoms with Crippen LogP contribution in [0.4, 0.5) is 11.5 Å². The Morgan fingerprint density at radius 2 is 1.94 bits per heavy atom. The lowest BCUT2D eigenvalue weighted by Crippen LogP contribution is -2.19. The summed E-state index contributed by atoms with van der Waals surface area (Å²) in [4.78, 5) is 16.2. The van der Waals surface area contributed by atoms with Crippen molar-refractivity contribution in [3.05, 3.63) is 66.1 Å². The van der Waals surface area contributed by atoms with E-state index in [1.54, 1.807) is 13.4 Å². The Morgan fingerprint density at radius 1 is 1.03 bits per heavy atom. The van der Waals surface area contributed by atoms with Gasteiger partial charge in [-0.2, -0.15) is 0 Å². The molecule has 0 spiro atoms. The van der Waals surface area contributed by atoms with Gasteiger partial charge < -0.3 is 24.4 Å². The number of hydrogen-bond acceptors (Lipinski definition) is 8. The van der Waals surface area contributed by atoms with E-state index in [1.165, 1.54) is 11.1 Å². The molecule has 0 saturated carbocycles. The van der Waals surface area contributed by atoms with Crippen molar-refractivity contribution in [1.29, 1.82) is 0 Å². The maximum Gasteiger partial charge on any atom is 0.163 e. The number of fused-ring (bicyclic) bond motifs is 3. The smallest absolute Gasteiger partial charge is 0.163 e. The summed E-state index contributed by atoms with van der Waals surface area (Å²) in [6.45, 7) is 4.20. The van der Waals surface area contributed by atoms with Gasteiger partial charge in [-0.1, -0.05) is 18.2 Å². The minimum atomic E-state index is 0.579. The summed E-state index contributed by atoms with van der Waals surface area (Å²) in [7, 11) is 1.70. The molecule has 2 aromatic carbocycles. The first-order valence-electron chi connectivity index (χ1n) is 11.9. The van der Waals surface area contributed by atoms with E-state index in [2.05, 4.69) is 56.6 Å². The zero-order chi connectivity index (χ0) is 23.6. The molecule has 1 N–H and O–H groups in total. The first-order valence-corrected chi connectivity index (χ1v) is 11.9. The molecule has 4 heterocycles. The van der Waals surface area contributed by atoms with Crippen LogP contribution in [0.15, 0.2) is 55.0 Å². The molecule has 178 valence electrons. The zero-order valence-corrected chi connectivity index (χ0v) is 19.7. The highest BCUT2D eigenvalue weighted by molar-refractivity contribution is 5.90. The van der Waals surface area contributed by atoms with Crippen molar-refractivity contribution in [2.45, 2.75) is 13.0 Å². The van der Waals surface area contributed by atoms with Crippen LogP contribution in [0.2, 0.25) is 0 Å². The van der Waals surface area contributed by atoms with E-state index in [0.29, 0.717) is 19.8 Å². The summed E-state index contributed by atoms with van der Waals surface area (Å²) in [6, 6.07) is 14.7. The normalized spacial score (nSPS) is 14.4. The first-order chi connectivity index (χ1) is 17.3. The lowest BCUT2D eigenvalue weighted by Gasteiger charge is -2.21. The van der Waals surface area contributed by atoms with Gasteiger partial charge in [-0.05, 0) is 52.9 Å². The van der Waals surface area contributed by atoms with E-state index in [-0.39, 0.29) is 0 Å². The third kappa shape index (κ3) is 4.15. The summed E-state index contributed by atoms with van der Waals surface area (Å²) < 4.78 is 16.6. The highest BCUT2D eigenvalue weighted by atomic mass is 16.6. The quantitative estimate of drug-likeness (QED) is 0.408. The fourth-order valence-corrected chi connectivity index (χ4v) is 4.81. The number of hydrogen-bond donors (Lipinski definition) is 1. The molecule has 2 aromatic heterocycles. The lowest BCUT2D eigenvalue weighted by atomic mass is 9.97. The number of aromatic nitrogens is 3. The van der Waals surface area contributed by atoms with E-state index in [4.69, 9.17) is 19.2 Å². The SMILES string of the molecule is COCCNCc1cnc2c(N3CCc4c(-c5ccc6c(c5)OCCO6)cccc43)ncnc2c1. The highest BCUT2D eigenvalue weighted by Gasteiger charge is 2.26. The standard InChI is InChI=1S/C27H27N5O3/c1-33-10-8-28-15-18-13-22-26(29-16-18)27(31-17-30-22)32-9-7-21-20(3-2-4-23(21)32)19-5-6-24-25(14-19)35-12-11-34-24/h2-6,13-14,16-17,28H,7-12,15H2,1H3. The van der Waals surface area contributed by atoms with Gasteiger partial charge in [0.1, 0.15) is 25.1 Å². The first kappa shape index (κ1) is 21.8. The molecule has 8 nitrogen and oxygen atoms in total. The van der Waals surface area contributed by atoms with Crippen LogP contribution in [0.25, 0.3) is 22.2 Å². The predicted molar refractivity (Wildman–Crippen MR) is 134 cm³/mol. The number of rotatable bonds is 7. The van der Waals surface area contributed by atoms with Gasteiger partial charge in [-0.15, -0.1) is 0 Å².